The van der Waals surface area contributed by atoms with E-state index in [0.717, 1.165) is 22.7 Å². The van der Waals surface area contributed by atoms with Crippen LogP contribution in [0.1, 0.15) is 22.3 Å². The Labute approximate surface area is 334 Å². The van der Waals surface area contributed by atoms with Crippen LogP contribution in [0, 0.1) is 0 Å². The lowest BCUT2D eigenvalue weighted by molar-refractivity contribution is 0.752. The standard InChI is InChI=1S/C55H38N2/c1-4-17-39(18-5-1)41-31-33-44(34-32-41)56(45-24-16-21-42(37-45)40-19-6-2-7-20-40)46-35-36-48-47-25-10-11-26-49(47)55(52(48)38-46)50-27-12-14-29-53(50)57(43-22-8-3-9-23-43)54-30-15-13-28-51(54)55/h1-38H. The highest BCUT2D eigenvalue weighted by Gasteiger charge is 2.51. The molecule has 9 aromatic rings. The molecule has 57 heavy (non-hydrogen) atoms. The Hall–Kier alpha value is -7.42. The van der Waals surface area contributed by atoms with Gasteiger partial charge < -0.3 is 9.80 Å². The van der Waals surface area contributed by atoms with Gasteiger partial charge in [0.1, 0.15) is 0 Å². The molecule has 0 saturated carbocycles. The maximum Gasteiger partial charge on any atom is 0.0755 e. The summed E-state index contributed by atoms with van der Waals surface area (Å²) in [5, 5.41) is 0. The summed E-state index contributed by atoms with van der Waals surface area (Å²) in [6.45, 7) is 0. The molecular formula is C55H38N2. The summed E-state index contributed by atoms with van der Waals surface area (Å²) in [5.74, 6) is 0. The van der Waals surface area contributed by atoms with E-state index in [0.29, 0.717) is 0 Å². The van der Waals surface area contributed by atoms with Crippen LogP contribution in [0.3, 0.4) is 0 Å². The van der Waals surface area contributed by atoms with Gasteiger partial charge in [-0.3, -0.25) is 0 Å². The first-order valence-corrected chi connectivity index (χ1v) is 19.7. The van der Waals surface area contributed by atoms with Crippen molar-refractivity contribution in [1.82, 2.24) is 0 Å². The molecule has 0 amide bonds. The molecule has 2 heteroatoms. The van der Waals surface area contributed by atoms with Crippen molar-refractivity contribution in [3.05, 3.63) is 253 Å². The third kappa shape index (κ3) is 5.18. The average molecular weight is 727 g/mol. The third-order valence-corrected chi connectivity index (χ3v) is 11.8. The molecule has 0 radical (unpaired) electrons. The van der Waals surface area contributed by atoms with Gasteiger partial charge in [-0.2, -0.15) is 0 Å². The number of hydrogen-bond acceptors (Lipinski definition) is 2. The van der Waals surface area contributed by atoms with Crippen molar-refractivity contribution in [3.8, 4) is 33.4 Å². The number of rotatable bonds is 6. The number of nitrogens with zero attached hydrogens (tertiary/aromatic N) is 2. The molecule has 1 aliphatic carbocycles. The predicted octanol–water partition coefficient (Wildman–Crippen LogP) is 14.6. The molecule has 1 aliphatic heterocycles. The van der Waals surface area contributed by atoms with Crippen LogP contribution in [-0.2, 0) is 5.41 Å². The van der Waals surface area contributed by atoms with Crippen LogP contribution >= 0.6 is 0 Å². The van der Waals surface area contributed by atoms with Crippen molar-refractivity contribution < 1.29 is 0 Å². The lowest BCUT2D eigenvalue weighted by Gasteiger charge is -2.45. The van der Waals surface area contributed by atoms with Gasteiger partial charge >= 0.3 is 0 Å². The van der Waals surface area contributed by atoms with Crippen molar-refractivity contribution in [2.75, 3.05) is 9.80 Å². The molecule has 0 fully saturated rings. The molecular weight excluding hydrogens is 689 g/mol. The quantitative estimate of drug-likeness (QED) is 0.168. The molecule has 9 aromatic carbocycles. The highest BCUT2D eigenvalue weighted by Crippen LogP contribution is 2.64. The van der Waals surface area contributed by atoms with Crippen molar-refractivity contribution in [2.45, 2.75) is 5.41 Å². The summed E-state index contributed by atoms with van der Waals surface area (Å²) in [4.78, 5) is 4.87. The second-order valence-electron chi connectivity index (χ2n) is 14.9. The Morgan fingerprint density at radius 3 is 1.44 bits per heavy atom. The fourth-order valence-corrected chi connectivity index (χ4v) is 9.42. The van der Waals surface area contributed by atoms with Crippen molar-refractivity contribution in [3.63, 3.8) is 0 Å². The van der Waals surface area contributed by atoms with E-state index < -0.39 is 5.41 Å². The summed E-state index contributed by atoms with van der Waals surface area (Å²) in [5.41, 5.74) is 18.8. The zero-order valence-corrected chi connectivity index (χ0v) is 31.3. The maximum atomic E-state index is 2.47. The molecule has 1 spiro atoms. The van der Waals surface area contributed by atoms with Crippen molar-refractivity contribution in [2.24, 2.45) is 0 Å². The lowest BCUT2D eigenvalue weighted by Crippen LogP contribution is -2.36. The first-order chi connectivity index (χ1) is 28.3. The number of benzene rings is 9. The smallest absolute Gasteiger partial charge is 0.0755 e. The van der Waals surface area contributed by atoms with Crippen LogP contribution in [-0.4, -0.2) is 0 Å². The van der Waals surface area contributed by atoms with Gasteiger partial charge in [0.2, 0.25) is 0 Å². The monoisotopic (exact) mass is 726 g/mol. The van der Waals surface area contributed by atoms with E-state index in [9.17, 15) is 0 Å². The summed E-state index contributed by atoms with van der Waals surface area (Å²) >= 11 is 0. The summed E-state index contributed by atoms with van der Waals surface area (Å²) in [6.07, 6.45) is 0. The first kappa shape index (κ1) is 33.0. The highest BCUT2D eigenvalue weighted by molar-refractivity contribution is 5.97. The molecule has 0 unspecified atom stereocenters. The Kier molecular flexibility index (Phi) is 7.75. The molecule has 0 N–H and O–H groups in total. The van der Waals surface area contributed by atoms with Gasteiger partial charge in [-0.05, 0) is 116 Å². The van der Waals surface area contributed by atoms with E-state index in [1.54, 1.807) is 0 Å². The molecule has 0 atom stereocenters. The topological polar surface area (TPSA) is 6.48 Å². The van der Waals surface area contributed by atoms with Crippen LogP contribution in [0.5, 0.6) is 0 Å². The second kappa shape index (κ2) is 13.4. The zero-order valence-electron chi connectivity index (χ0n) is 31.3. The minimum absolute atomic E-state index is 0.547. The van der Waals surface area contributed by atoms with Gasteiger partial charge in [-0.25, -0.2) is 0 Å². The van der Waals surface area contributed by atoms with Gasteiger partial charge in [0.25, 0.3) is 0 Å². The minimum atomic E-state index is -0.547. The van der Waals surface area contributed by atoms with Crippen LogP contribution in [0.15, 0.2) is 231 Å². The summed E-state index contributed by atoms with van der Waals surface area (Å²) < 4.78 is 0. The molecule has 11 rings (SSSR count). The average Bonchev–Trinajstić information content (AvgIpc) is 3.58. The Bertz CT molecular complexity index is 2850. The molecule has 0 aromatic heterocycles. The van der Waals surface area contributed by atoms with Gasteiger partial charge in [0, 0.05) is 22.7 Å². The van der Waals surface area contributed by atoms with Gasteiger partial charge in [-0.1, -0.05) is 170 Å². The largest absolute Gasteiger partial charge is 0.310 e. The van der Waals surface area contributed by atoms with E-state index in [4.69, 9.17) is 0 Å². The number of fused-ring (bicyclic) bond motifs is 9. The Morgan fingerprint density at radius 2 is 0.772 bits per heavy atom. The number of anilines is 6. The van der Waals surface area contributed by atoms with Gasteiger partial charge in [0.15, 0.2) is 0 Å². The van der Waals surface area contributed by atoms with E-state index in [-0.39, 0.29) is 0 Å². The Morgan fingerprint density at radius 1 is 0.298 bits per heavy atom. The molecule has 2 nitrogen and oxygen atoms in total. The minimum Gasteiger partial charge on any atom is -0.310 e. The number of hydrogen-bond donors (Lipinski definition) is 0. The third-order valence-electron chi connectivity index (χ3n) is 11.8. The maximum absolute atomic E-state index is 2.47. The first-order valence-electron chi connectivity index (χ1n) is 19.7. The van der Waals surface area contributed by atoms with E-state index in [1.165, 1.54) is 67.0 Å². The molecule has 0 saturated heterocycles. The van der Waals surface area contributed by atoms with E-state index in [2.05, 4.69) is 240 Å². The summed E-state index contributed by atoms with van der Waals surface area (Å²) in [6, 6.07) is 84.3. The fourth-order valence-electron chi connectivity index (χ4n) is 9.42. The van der Waals surface area contributed by atoms with E-state index in [1.807, 2.05) is 0 Å². The molecule has 2 aliphatic rings. The predicted molar refractivity (Wildman–Crippen MR) is 238 cm³/mol. The van der Waals surface area contributed by atoms with Crippen LogP contribution < -0.4 is 9.80 Å². The lowest BCUT2D eigenvalue weighted by atomic mass is 9.64. The molecule has 0 bridgehead atoms. The number of para-hydroxylation sites is 3. The normalized spacial score (nSPS) is 13.0. The fraction of sp³-hybridized carbons (Fsp3) is 0.0182. The van der Waals surface area contributed by atoms with Gasteiger partial charge in [-0.15, -0.1) is 0 Å². The van der Waals surface area contributed by atoms with E-state index >= 15 is 0 Å². The van der Waals surface area contributed by atoms with Crippen LogP contribution in [0.25, 0.3) is 33.4 Å². The van der Waals surface area contributed by atoms with Gasteiger partial charge in [0.05, 0.1) is 16.8 Å². The molecule has 268 valence electrons. The zero-order chi connectivity index (χ0) is 37.8. The second-order valence-corrected chi connectivity index (χ2v) is 14.9. The Balaban J connectivity index is 1.16. The van der Waals surface area contributed by atoms with Crippen molar-refractivity contribution in [1.29, 1.82) is 0 Å². The molecule has 1 heterocycles. The summed E-state index contributed by atoms with van der Waals surface area (Å²) in [7, 11) is 0. The SMILES string of the molecule is c1ccc(-c2ccc(N(c3cccc(-c4ccccc4)c3)c3ccc4c(c3)C3(c5ccccc5-4)c4ccccc4N(c4ccccc4)c4ccccc43)cc2)cc1. The highest BCUT2D eigenvalue weighted by atomic mass is 15.2. The van der Waals surface area contributed by atoms with Crippen molar-refractivity contribution >= 4 is 34.1 Å². The van der Waals surface area contributed by atoms with Crippen LogP contribution in [0.2, 0.25) is 0 Å². The van der Waals surface area contributed by atoms with Crippen LogP contribution in [0.4, 0.5) is 34.1 Å².